The summed E-state index contributed by atoms with van der Waals surface area (Å²) in [5.74, 6) is 0. The van der Waals surface area contributed by atoms with Crippen LogP contribution in [0, 0.1) is 0 Å². The molecule has 0 spiro atoms. The molecule has 1 heterocycles. The first-order valence-electron chi connectivity index (χ1n) is 4.83. The lowest BCUT2D eigenvalue weighted by atomic mass is 10.1. The molecule has 0 saturated carbocycles. The summed E-state index contributed by atoms with van der Waals surface area (Å²) in [4.78, 5) is 0. The summed E-state index contributed by atoms with van der Waals surface area (Å²) in [6.07, 6.45) is 2.62. The van der Waals surface area contributed by atoms with Gasteiger partial charge in [0.05, 0.1) is 13.2 Å². The molecule has 0 radical (unpaired) electrons. The van der Waals surface area contributed by atoms with Gasteiger partial charge >= 0.3 is 0 Å². The van der Waals surface area contributed by atoms with Gasteiger partial charge in [0.15, 0.2) is 6.29 Å². The highest BCUT2D eigenvalue weighted by molar-refractivity contribution is 5.26. The number of hydrogen-bond donors (Lipinski definition) is 0. The third-order valence-corrected chi connectivity index (χ3v) is 2.23. The molecule has 0 unspecified atom stereocenters. The molecule has 0 N–H and O–H groups in total. The fourth-order valence-corrected chi connectivity index (χ4v) is 1.58. The second-order valence-corrected chi connectivity index (χ2v) is 3.31. The quantitative estimate of drug-likeness (QED) is 0.682. The molecule has 0 bridgehead atoms. The number of allylic oxidation sites excluding steroid dienone is 1. The minimum absolute atomic E-state index is 0.167. The number of ether oxygens (including phenoxy) is 2. The fourth-order valence-electron chi connectivity index (χ4n) is 1.58. The summed E-state index contributed by atoms with van der Waals surface area (Å²) < 4.78 is 10.8. The molecule has 0 aromatic heterocycles. The molecule has 2 rings (SSSR count). The predicted molar refractivity (Wildman–Crippen MR) is 55.0 cm³/mol. The van der Waals surface area contributed by atoms with Crippen molar-refractivity contribution >= 4 is 0 Å². The van der Waals surface area contributed by atoms with Crippen LogP contribution >= 0.6 is 0 Å². The molecule has 1 aliphatic rings. The van der Waals surface area contributed by atoms with E-state index in [-0.39, 0.29) is 6.29 Å². The van der Waals surface area contributed by atoms with Crippen molar-refractivity contribution in [2.45, 2.75) is 12.7 Å². The summed E-state index contributed by atoms with van der Waals surface area (Å²) in [6, 6.07) is 8.25. The smallest absolute Gasteiger partial charge is 0.184 e. The van der Waals surface area contributed by atoms with E-state index in [9.17, 15) is 0 Å². The average Bonchev–Trinajstić information content (AvgIpc) is 2.71. The Morgan fingerprint density at radius 3 is 2.86 bits per heavy atom. The number of hydrogen-bond acceptors (Lipinski definition) is 2. The van der Waals surface area contributed by atoms with Crippen molar-refractivity contribution in [2.24, 2.45) is 0 Å². The van der Waals surface area contributed by atoms with Gasteiger partial charge in [0, 0.05) is 5.56 Å². The first kappa shape index (κ1) is 9.44. The van der Waals surface area contributed by atoms with Crippen molar-refractivity contribution < 1.29 is 9.47 Å². The zero-order valence-electron chi connectivity index (χ0n) is 8.11. The van der Waals surface area contributed by atoms with E-state index >= 15 is 0 Å². The predicted octanol–water partition coefficient (Wildman–Crippen LogP) is 2.46. The normalized spacial score (nSPS) is 17.1. The summed E-state index contributed by atoms with van der Waals surface area (Å²) in [7, 11) is 0. The van der Waals surface area contributed by atoms with Gasteiger partial charge in [0.1, 0.15) is 0 Å². The molecule has 1 saturated heterocycles. The van der Waals surface area contributed by atoms with Crippen LogP contribution in [0.5, 0.6) is 0 Å². The van der Waals surface area contributed by atoms with E-state index in [1.807, 2.05) is 18.2 Å². The molecule has 1 aromatic carbocycles. The minimum Gasteiger partial charge on any atom is -0.346 e. The van der Waals surface area contributed by atoms with Gasteiger partial charge in [-0.15, -0.1) is 6.58 Å². The molecule has 14 heavy (non-hydrogen) atoms. The second-order valence-electron chi connectivity index (χ2n) is 3.31. The van der Waals surface area contributed by atoms with E-state index in [1.165, 1.54) is 5.56 Å². The largest absolute Gasteiger partial charge is 0.346 e. The van der Waals surface area contributed by atoms with Crippen LogP contribution in [0.15, 0.2) is 36.9 Å². The first-order chi connectivity index (χ1) is 6.90. The third kappa shape index (κ3) is 2.03. The highest BCUT2D eigenvalue weighted by Crippen LogP contribution is 2.23. The molecule has 2 heteroatoms. The Morgan fingerprint density at radius 1 is 1.36 bits per heavy atom. The Hall–Kier alpha value is -1.12. The maximum atomic E-state index is 5.42. The van der Waals surface area contributed by atoms with Crippen molar-refractivity contribution in [3.8, 4) is 0 Å². The van der Waals surface area contributed by atoms with E-state index in [0.29, 0.717) is 13.2 Å². The van der Waals surface area contributed by atoms with Crippen LogP contribution in [0.4, 0.5) is 0 Å². The average molecular weight is 190 g/mol. The van der Waals surface area contributed by atoms with Gasteiger partial charge in [-0.25, -0.2) is 0 Å². The van der Waals surface area contributed by atoms with E-state index in [4.69, 9.17) is 9.47 Å². The van der Waals surface area contributed by atoms with Gasteiger partial charge in [0.2, 0.25) is 0 Å². The van der Waals surface area contributed by atoms with Gasteiger partial charge < -0.3 is 9.47 Å². The Kier molecular flexibility index (Phi) is 2.96. The lowest BCUT2D eigenvalue weighted by molar-refractivity contribution is -0.0441. The maximum Gasteiger partial charge on any atom is 0.184 e. The van der Waals surface area contributed by atoms with Crippen LogP contribution < -0.4 is 0 Å². The lowest BCUT2D eigenvalue weighted by Crippen LogP contribution is -1.98. The van der Waals surface area contributed by atoms with Crippen molar-refractivity contribution in [3.63, 3.8) is 0 Å². The van der Waals surface area contributed by atoms with Crippen LogP contribution in [0.1, 0.15) is 17.4 Å². The third-order valence-electron chi connectivity index (χ3n) is 2.23. The molecule has 74 valence electrons. The Balaban J connectivity index is 2.16. The maximum absolute atomic E-state index is 5.42. The van der Waals surface area contributed by atoms with E-state index < -0.39 is 0 Å². The number of rotatable bonds is 3. The summed E-state index contributed by atoms with van der Waals surface area (Å²) in [6.45, 7) is 5.10. The topological polar surface area (TPSA) is 18.5 Å². The monoisotopic (exact) mass is 190 g/mol. The zero-order chi connectivity index (χ0) is 9.80. The van der Waals surface area contributed by atoms with Crippen molar-refractivity contribution in [1.29, 1.82) is 0 Å². The first-order valence-corrected chi connectivity index (χ1v) is 4.83. The minimum atomic E-state index is -0.167. The summed E-state index contributed by atoms with van der Waals surface area (Å²) in [5.41, 5.74) is 2.35. The molecular weight excluding hydrogens is 176 g/mol. The molecule has 1 aromatic rings. The molecule has 2 nitrogen and oxygen atoms in total. The molecule has 0 amide bonds. The van der Waals surface area contributed by atoms with Crippen LogP contribution in [0.2, 0.25) is 0 Å². The van der Waals surface area contributed by atoms with Crippen molar-refractivity contribution in [1.82, 2.24) is 0 Å². The van der Waals surface area contributed by atoms with Crippen LogP contribution in [0.25, 0.3) is 0 Å². The van der Waals surface area contributed by atoms with Crippen molar-refractivity contribution in [2.75, 3.05) is 13.2 Å². The van der Waals surface area contributed by atoms with Crippen molar-refractivity contribution in [3.05, 3.63) is 48.0 Å². The Bertz CT molecular complexity index is 314. The molecule has 0 atom stereocenters. The fraction of sp³-hybridized carbons (Fsp3) is 0.333. The molecule has 0 aliphatic carbocycles. The summed E-state index contributed by atoms with van der Waals surface area (Å²) >= 11 is 0. The number of benzene rings is 1. The zero-order valence-corrected chi connectivity index (χ0v) is 8.11. The Morgan fingerprint density at radius 2 is 2.14 bits per heavy atom. The van der Waals surface area contributed by atoms with Crippen LogP contribution in [-0.2, 0) is 15.9 Å². The van der Waals surface area contributed by atoms with Gasteiger partial charge in [-0.2, -0.15) is 0 Å². The van der Waals surface area contributed by atoms with Crippen LogP contribution in [-0.4, -0.2) is 13.2 Å². The van der Waals surface area contributed by atoms with E-state index in [1.54, 1.807) is 0 Å². The van der Waals surface area contributed by atoms with Gasteiger partial charge in [0.25, 0.3) is 0 Å². The molecule has 1 aliphatic heterocycles. The second kappa shape index (κ2) is 4.40. The standard InChI is InChI=1S/C12H14O2/c1-2-4-10-5-3-6-11(9-10)12-13-7-8-14-12/h2-3,5-6,9,12H,1,4,7-8H2. The Labute approximate surface area is 84.2 Å². The van der Waals surface area contributed by atoms with Gasteiger partial charge in [-0.3, -0.25) is 0 Å². The lowest BCUT2D eigenvalue weighted by Gasteiger charge is -2.09. The molecular formula is C12H14O2. The van der Waals surface area contributed by atoms with Gasteiger partial charge in [-0.05, 0) is 12.0 Å². The SMILES string of the molecule is C=CCc1cccc(C2OCCO2)c1. The highest BCUT2D eigenvalue weighted by Gasteiger charge is 2.17. The summed E-state index contributed by atoms with van der Waals surface area (Å²) in [5, 5.41) is 0. The molecule has 1 fully saturated rings. The van der Waals surface area contributed by atoms with Crippen LogP contribution in [0.3, 0.4) is 0 Å². The van der Waals surface area contributed by atoms with E-state index in [2.05, 4.69) is 18.7 Å². The highest BCUT2D eigenvalue weighted by atomic mass is 16.7. The van der Waals surface area contributed by atoms with Gasteiger partial charge in [-0.1, -0.05) is 30.3 Å². The van der Waals surface area contributed by atoms with E-state index in [0.717, 1.165) is 12.0 Å².